The van der Waals surface area contributed by atoms with Gasteiger partial charge in [-0.1, -0.05) is 12.8 Å². The summed E-state index contributed by atoms with van der Waals surface area (Å²) >= 11 is 0. The van der Waals surface area contributed by atoms with E-state index >= 15 is 0 Å². The van der Waals surface area contributed by atoms with Gasteiger partial charge in [0.25, 0.3) is 0 Å². The molecule has 0 amide bonds. The number of carbonyl (C=O) groups is 1. The molecule has 18 heavy (non-hydrogen) atoms. The lowest BCUT2D eigenvalue weighted by molar-refractivity contribution is -0.156. The second kappa shape index (κ2) is 5.89. The van der Waals surface area contributed by atoms with E-state index < -0.39 is 34.6 Å². The first-order valence-electron chi connectivity index (χ1n) is 5.34. The third kappa shape index (κ3) is 4.46. The van der Waals surface area contributed by atoms with E-state index in [1.54, 1.807) is 0 Å². The van der Waals surface area contributed by atoms with Gasteiger partial charge in [-0.25, -0.2) is 4.79 Å². The maximum absolute atomic E-state index is 12.7. The van der Waals surface area contributed by atoms with Gasteiger partial charge in [-0.05, 0) is 12.8 Å². The summed E-state index contributed by atoms with van der Waals surface area (Å²) in [4.78, 5) is 11.0. The largest absolute Gasteiger partial charge is 0.456 e. The van der Waals surface area contributed by atoms with Crippen molar-refractivity contribution in [1.82, 2.24) is 0 Å². The molecule has 1 rings (SSSR count). The standard InChI is InChI=1S/C9H14F2O6S/c10-9(11,18(13,14)15)6-17-8(12)5-16-7-3-1-2-4-7/h7H,1-6H2,(H,13,14,15). The quantitative estimate of drug-likeness (QED) is 0.578. The molecule has 9 heteroatoms. The summed E-state index contributed by atoms with van der Waals surface area (Å²) in [6.45, 7) is -2.23. The third-order valence-electron chi connectivity index (χ3n) is 2.52. The number of esters is 1. The molecule has 0 saturated heterocycles. The molecule has 0 unspecified atom stereocenters. The van der Waals surface area contributed by atoms with Gasteiger partial charge in [-0.3, -0.25) is 4.55 Å². The lowest BCUT2D eigenvalue weighted by atomic mass is 10.3. The molecule has 6 nitrogen and oxygen atoms in total. The molecule has 1 aliphatic carbocycles. The molecule has 0 aromatic heterocycles. The molecule has 106 valence electrons. The van der Waals surface area contributed by atoms with Crippen LogP contribution in [0.5, 0.6) is 0 Å². The first-order valence-corrected chi connectivity index (χ1v) is 6.78. The zero-order chi connectivity index (χ0) is 13.8. The predicted octanol–water partition coefficient (Wildman–Crippen LogP) is 0.969. The Morgan fingerprint density at radius 1 is 1.33 bits per heavy atom. The topological polar surface area (TPSA) is 89.9 Å². The molecule has 0 aromatic rings. The van der Waals surface area contributed by atoms with Crippen LogP contribution in [0.3, 0.4) is 0 Å². The molecule has 1 aliphatic rings. The van der Waals surface area contributed by atoms with Crippen molar-refractivity contribution in [2.45, 2.75) is 37.0 Å². The Labute approximate surface area is 103 Å². The van der Waals surface area contributed by atoms with E-state index in [4.69, 9.17) is 9.29 Å². The van der Waals surface area contributed by atoms with E-state index in [-0.39, 0.29) is 6.10 Å². The number of hydrogen-bond donors (Lipinski definition) is 1. The number of alkyl halides is 2. The Kier molecular flexibility index (Phi) is 5.00. The SMILES string of the molecule is O=C(COC1CCCC1)OCC(F)(F)S(=O)(=O)O. The van der Waals surface area contributed by atoms with Crippen molar-refractivity contribution >= 4 is 16.1 Å². The maximum atomic E-state index is 12.7. The van der Waals surface area contributed by atoms with E-state index in [1.165, 1.54) is 0 Å². The van der Waals surface area contributed by atoms with Gasteiger partial charge in [-0.2, -0.15) is 17.2 Å². The van der Waals surface area contributed by atoms with Crippen LogP contribution in [-0.4, -0.2) is 43.5 Å². The molecule has 0 atom stereocenters. The summed E-state index contributed by atoms with van der Waals surface area (Å²) in [6, 6.07) is 0. The number of halogens is 2. The average Bonchev–Trinajstić information content (AvgIpc) is 2.74. The molecular weight excluding hydrogens is 274 g/mol. The highest BCUT2D eigenvalue weighted by molar-refractivity contribution is 7.86. The van der Waals surface area contributed by atoms with Crippen molar-refractivity contribution in [3.05, 3.63) is 0 Å². The minimum Gasteiger partial charge on any atom is -0.456 e. The first-order chi connectivity index (χ1) is 8.22. The summed E-state index contributed by atoms with van der Waals surface area (Å²) in [5.74, 6) is -1.09. The van der Waals surface area contributed by atoms with Crippen LogP contribution in [0.15, 0.2) is 0 Å². The number of ether oxygens (including phenoxy) is 2. The highest BCUT2D eigenvalue weighted by atomic mass is 32.2. The van der Waals surface area contributed by atoms with Crippen molar-refractivity contribution in [1.29, 1.82) is 0 Å². The monoisotopic (exact) mass is 288 g/mol. The molecule has 0 spiro atoms. The predicted molar refractivity (Wildman–Crippen MR) is 55.7 cm³/mol. The maximum Gasteiger partial charge on any atom is 0.402 e. The van der Waals surface area contributed by atoms with Crippen molar-refractivity contribution in [2.75, 3.05) is 13.2 Å². The van der Waals surface area contributed by atoms with Crippen LogP contribution >= 0.6 is 0 Å². The van der Waals surface area contributed by atoms with Crippen LogP contribution in [0.1, 0.15) is 25.7 Å². The Balaban J connectivity index is 2.28. The van der Waals surface area contributed by atoms with Gasteiger partial charge < -0.3 is 9.47 Å². The van der Waals surface area contributed by atoms with Crippen LogP contribution in [0.25, 0.3) is 0 Å². The van der Waals surface area contributed by atoms with Crippen LogP contribution in [0, 0.1) is 0 Å². The first kappa shape index (κ1) is 15.3. The number of rotatable bonds is 6. The van der Waals surface area contributed by atoms with Crippen LogP contribution < -0.4 is 0 Å². The Hall–Kier alpha value is -0.800. The van der Waals surface area contributed by atoms with Crippen molar-refractivity contribution < 1.29 is 36.0 Å². The summed E-state index contributed by atoms with van der Waals surface area (Å²) in [7, 11) is -5.58. The lowest BCUT2D eigenvalue weighted by Gasteiger charge is -2.14. The fraction of sp³-hybridized carbons (Fsp3) is 0.889. The fourth-order valence-corrected chi connectivity index (χ4v) is 1.73. The molecule has 0 radical (unpaired) electrons. The number of hydrogen-bond acceptors (Lipinski definition) is 5. The molecule has 0 heterocycles. The highest BCUT2D eigenvalue weighted by Gasteiger charge is 2.45. The highest BCUT2D eigenvalue weighted by Crippen LogP contribution is 2.22. The van der Waals surface area contributed by atoms with Gasteiger partial charge in [0, 0.05) is 0 Å². The molecule has 1 fully saturated rings. The summed E-state index contributed by atoms with van der Waals surface area (Å²) in [5, 5.41) is -4.50. The van der Waals surface area contributed by atoms with E-state index in [2.05, 4.69) is 4.74 Å². The Morgan fingerprint density at radius 2 is 1.89 bits per heavy atom. The third-order valence-corrected chi connectivity index (χ3v) is 3.39. The molecule has 0 bridgehead atoms. The molecule has 0 aliphatic heterocycles. The second-order valence-corrected chi connectivity index (χ2v) is 5.54. The molecule has 0 aromatic carbocycles. The van der Waals surface area contributed by atoms with Crippen molar-refractivity contribution in [3.8, 4) is 0 Å². The second-order valence-electron chi connectivity index (χ2n) is 3.99. The summed E-state index contributed by atoms with van der Waals surface area (Å²) in [6.07, 6.45) is 3.49. The van der Waals surface area contributed by atoms with Crippen LogP contribution in [0.4, 0.5) is 8.78 Å². The zero-order valence-electron chi connectivity index (χ0n) is 9.47. The average molecular weight is 288 g/mol. The lowest BCUT2D eigenvalue weighted by Crippen LogP contribution is -2.35. The summed E-state index contributed by atoms with van der Waals surface area (Å²) in [5.41, 5.74) is 0. The van der Waals surface area contributed by atoms with Crippen LogP contribution in [-0.2, 0) is 24.4 Å². The van der Waals surface area contributed by atoms with Gasteiger partial charge >= 0.3 is 21.3 Å². The molecular formula is C9H14F2O6S. The van der Waals surface area contributed by atoms with Crippen molar-refractivity contribution in [2.24, 2.45) is 0 Å². The van der Waals surface area contributed by atoms with E-state index in [1.807, 2.05) is 0 Å². The smallest absolute Gasteiger partial charge is 0.402 e. The Morgan fingerprint density at radius 3 is 2.39 bits per heavy atom. The van der Waals surface area contributed by atoms with Crippen molar-refractivity contribution in [3.63, 3.8) is 0 Å². The fourth-order valence-electron chi connectivity index (χ4n) is 1.52. The minimum absolute atomic E-state index is 0.0837. The van der Waals surface area contributed by atoms with Gasteiger partial charge in [-0.15, -0.1) is 0 Å². The molecule has 1 N–H and O–H groups in total. The van der Waals surface area contributed by atoms with Gasteiger partial charge in [0.2, 0.25) is 0 Å². The zero-order valence-corrected chi connectivity index (χ0v) is 10.3. The van der Waals surface area contributed by atoms with Crippen LogP contribution in [0.2, 0.25) is 0 Å². The van der Waals surface area contributed by atoms with E-state index in [9.17, 15) is 22.0 Å². The normalized spacial score (nSPS) is 17.9. The minimum atomic E-state index is -5.58. The summed E-state index contributed by atoms with van der Waals surface area (Å²) < 4.78 is 63.1. The van der Waals surface area contributed by atoms with E-state index in [0.29, 0.717) is 0 Å². The van der Waals surface area contributed by atoms with Gasteiger partial charge in [0.15, 0.2) is 6.61 Å². The number of carbonyl (C=O) groups excluding carboxylic acids is 1. The molecule has 1 saturated carbocycles. The van der Waals surface area contributed by atoms with Gasteiger partial charge in [0.1, 0.15) is 6.61 Å². The van der Waals surface area contributed by atoms with Gasteiger partial charge in [0.05, 0.1) is 6.10 Å². The Bertz CT molecular complexity index is 388. The van der Waals surface area contributed by atoms with E-state index in [0.717, 1.165) is 25.7 Å².